The fourth-order valence-corrected chi connectivity index (χ4v) is 8.01. The molecular weight excluding hydrogens is 903 g/mol. The van der Waals surface area contributed by atoms with E-state index in [1.807, 2.05) is 72.8 Å². The molecule has 58 heavy (non-hydrogen) atoms. The van der Waals surface area contributed by atoms with Gasteiger partial charge in [0, 0.05) is 44.3 Å². The van der Waals surface area contributed by atoms with Crippen LogP contribution in [0.5, 0.6) is 0 Å². The molecule has 0 spiro atoms. The minimum Gasteiger partial charge on any atom is -0.332 e. The molecular formula is C53H39IrN3S-2. The van der Waals surface area contributed by atoms with Crippen LogP contribution in [0.3, 0.4) is 0 Å². The monoisotopic (exact) mass is 947 g/mol. The number of thiophene rings is 1. The Hall–Kier alpha value is -6.23. The maximum Gasteiger partial charge on any atom is 0.0774 e. The van der Waals surface area contributed by atoms with Gasteiger partial charge in [0.15, 0.2) is 0 Å². The number of pyridine rings is 1. The number of imidazole rings is 1. The summed E-state index contributed by atoms with van der Waals surface area (Å²) in [6, 6.07) is 63.0. The van der Waals surface area contributed by atoms with Crippen LogP contribution in [0.2, 0.25) is 0 Å². The van der Waals surface area contributed by atoms with Gasteiger partial charge in [-0.2, -0.15) is 0 Å². The van der Waals surface area contributed by atoms with Crippen LogP contribution in [0, 0.1) is 25.2 Å². The minimum absolute atomic E-state index is 0. The second kappa shape index (κ2) is 17.5. The van der Waals surface area contributed by atoms with Gasteiger partial charge in [-0.3, -0.25) is 16.3 Å². The third-order valence-corrected chi connectivity index (χ3v) is 10.6. The van der Waals surface area contributed by atoms with Crippen molar-refractivity contribution in [1.29, 1.82) is 0 Å². The zero-order valence-corrected chi connectivity index (χ0v) is 34.7. The molecule has 3 nitrogen and oxygen atoms in total. The Kier molecular flexibility index (Phi) is 9.90. The van der Waals surface area contributed by atoms with Crippen LogP contribution in [0.4, 0.5) is 0 Å². The molecule has 0 aliphatic rings. The van der Waals surface area contributed by atoms with Crippen LogP contribution < -0.4 is 0 Å². The third kappa shape index (κ3) is 8.12. The molecule has 0 N–H and O–H groups in total. The molecule has 5 heteroatoms. The van der Waals surface area contributed by atoms with Gasteiger partial charge in [0.05, 0.1) is 22.5 Å². The van der Waals surface area contributed by atoms with Crippen molar-refractivity contribution in [2.24, 2.45) is 0 Å². The van der Waals surface area contributed by atoms with Gasteiger partial charge in [-0.05, 0) is 77.9 Å². The number of para-hydroxylation sites is 2. The van der Waals surface area contributed by atoms with Gasteiger partial charge in [0.2, 0.25) is 0 Å². The maximum atomic E-state index is 8.95. The number of benzene rings is 7. The largest absolute Gasteiger partial charge is 0.332 e. The van der Waals surface area contributed by atoms with Crippen LogP contribution in [0.1, 0.15) is 29.1 Å². The van der Waals surface area contributed by atoms with Gasteiger partial charge in [0.25, 0.3) is 0 Å². The topological polar surface area (TPSA) is 30.7 Å². The molecule has 0 aliphatic carbocycles. The second-order valence-corrected chi connectivity index (χ2v) is 14.5. The minimum atomic E-state index is -2.09. The van der Waals surface area contributed by atoms with Crippen LogP contribution >= 0.6 is 11.3 Å². The molecule has 7 aromatic carbocycles. The van der Waals surface area contributed by atoms with E-state index in [1.165, 1.54) is 23.1 Å². The average molecular weight is 947 g/mol. The summed E-state index contributed by atoms with van der Waals surface area (Å²) in [5.74, 6) is 0.810. The molecule has 0 amide bonds. The zero-order chi connectivity index (χ0) is 42.8. The molecule has 3 aromatic heterocycles. The summed E-state index contributed by atoms with van der Waals surface area (Å²) in [6.45, 7) is 0.0628. The molecule has 0 aliphatic heterocycles. The summed E-state index contributed by atoms with van der Waals surface area (Å²) in [5.41, 5.74) is 12.7. The van der Waals surface area contributed by atoms with E-state index in [1.54, 1.807) is 18.2 Å². The number of hydrogen-bond donors (Lipinski definition) is 0. The van der Waals surface area contributed by atoms with Gasteiger partial charge < -0.3 is 9.55 Å². The Bertz CT molecular complexity index is 3070. The van der Waals surface area contributed by atoms with Crippen LogP contribution in [-0.2, 0) is 26.5 Å². The second-order valence-electron chi connectivity index (χ2n) is 13.7. The molecule has 0 saturated heterocycles. The van der Waals surface area contributed by atoms with Crippen molar-refractivity contribution in [3.8, 4) is 50.6 Å². The summed E-state index contributed by atoms with van der Waals surface area (Å²) in [7, 11) is 0. The van der Waals surface area contributed by atoms with Crippen molar-refractivity contribution in [1.82, 2.24) is 14.5 Å². The number of hydrogen-bond acceptors (Lipinski definition) is 3. The van der Waals surface area contributed by atoms with E-state index in [9.17, 15) is 0 Å². The molecule has 283 valence electrons. The van der Waals surface area contributed by atoms with E-state index in [2.05, 4.69) is 119 Å². The number of rotatable bonds is 7. The Morgan fingerprint density at radius 1 is 0.672 bits per heavy atom. The third-order valence-electron chi connectivity index (χ3n) is 9.76. The first-order valence-electron chi connectivity index (χ1n) is 21.2. The first kappa shape index (κ1) is 32.8. The van der Waals surface area contributed by atoms with Crippen molar-refractivity contribution >= 4 is 32.5 Å². The van der Waals surface area contributed by atoms with Crippen molar-refractivity contribution in [3.05, 3.63) is 222 Å². The number of fused-ring (bicyclic) bond motifs is 2. The summed E-state index contributed by atoms with van der Waals surface area (Å²) < 4.78 is 42.9. The van der Waals surface area contributed by atoms with Crippen molar-refractivity contribution in [3.63, 3.8) is 0 Å². The molecule has 0 atom stereocenters. The number of aryl methyl sites for hydroxylation is 2. The first-order chi connectivity index (χ1) is 30.1. The Balaban J connectivity index is 0.000000271. The molecule has 0 unspecified atom stereocenters. The predicted molar refractivity (Wildman–Crippen MR) is 239 cm³/mol. The van der Waals surface area contributed by atoms with Crippen molar-refractivity contribution < 1.29 is 27.0 Å². The predicted octanol–water partition coefficient (Wildman–Crippen LogP) is 13.8. The van der Waals surface area contributed by atoms with E-state index in [4.69, 9.17) is 11.8 Å². The van der Waals surface area contributed by atoms with E-state index in [0.717, 1.165) is 71.7 Å². The molecule has 10 rings (SSSR count). The molecule has 0 bridgehead atoms. The SMILES string of the molecule is [2H]C([2H])([2H])c1ccc(-c2[c-]cccc2)nc1.[2H]C([2H])(c1ccccc1)c1ccc2c(-c3nc4ccccc4n3-c3c(-c4ccccc4)cc(C)cc3-c3ccccc3)[c-]sc2c1.[Ir]. The first-order valence-corrected chi connectivity index (χ1v) is 19.6. The van der Waals surface area contributed by atoms with Crippen LogP contribution in [-0.4, -0.2) is 14.5 Å². The fourth-order valence-electron chi connectivity index (χ4n) is 7.13. The van der Waals surface area contributed by atoms with Crippen LogP contribution in [0.15, 0.2) is 188 Å². The quantitative estimate of drug-likeness (QED) is 0.149. The summed E-state index contributed by atoms with van der Waals surface area (Å²) in [6.07, 6.45) is -0.229. The fraction of sp³-hybridized carbons (Fsp3) is 0.0566. The van der Waals surface area contributed by atoms with Crippen molar-refractivity contribution in [2.45, 2.75) is 20.1 Å². The standard InChI is InChI=1S/C41H29N2S.C12H10N.Ir/c1-28-23-34(31-15-7-3-8-16-31)40(35(24-28)32-17-9-4-10-18-32)43-38-20-12-11-19-37(38)42-41(43)36-27-44-39-26-30(21-22-33(36)39)25-29-13-5-2-6-14-29;1-10-7-8-12(13-9-10)11-5-3-2-4-6-11;/h2-24,26H,25H2,1H3;2-5,7-9H,1H3;/q2*-1;/i25D2;1D3;. The maximum absolute atomic E-state index is 8.95. The van der Waals surface area contributed by atoms with Crippen LogP contribution in [0.25, 0.3) is 71.7 Å². The molecule has 3 heterocycles. The van der Waals surface area contributed by atoms with Gasteiger partial charge in [-0.1, -0.05) is 149 Å². The summed E-state index contributed by atoms with van der Waals surface area (Å²) in [5, 5.41) is 4.59. The Morgan fingerprint density at radius 2 is 1.34 bits per heavy atom. The zero-order valence-electron chi connectivity index (χ0n) is 36.5. The van der Waals surface area contributed by atoms with E-state index in [-0.39, 0.29) is 25.7 Å². The van der Waals surface area contributed by atoms with Gasteiger partial charge in [-0.25, -0.2) is 0 Å². The van der Waals surface area contributed by atoms with Gasteiger partial charge in [0.1, 0.15) is 0 Å². The Labute approximate surface area is 364 Å². The van der Waals surface area contributed by atoms with Crippen molar-refractivity contribution in [2.75, 3.05) is 0 Å². The molecule has 0 saturated carbocycles. The number of aromatic nitrogens is 3. The van der Waals surface area contributed by atoms with E-state index >= 15 is 0 Å². The molecule has 0 fully saturated rings. The molecule has 1 radical (unpaired) electrons. The van der Waals surface area contributed by atoms with Gasteiger partial charge >= 0.3 is 0 Å². The smallest absolute Gasteiger partial charge is 0.0774 e. The van der Waals surface area contributed by atoms with Gasteiger partial charge in [-0.15, -0.1) is 47.3 Å². The van der Waals surface area contributed by atoms with E-state index < -0.39 is 13.2 Å². The number of nitrogens with zero attached hydrogens (tertiary/aromatic N) is 3. The average Bonchev–Trinajstić information content (AvgIpc) is 3.91. The van der Waals surface area contributed by atoms with E-state index in [0.29, 0.717) is 11.1 Å². The summed E-state index contributed by atoms with van der Waals surface area (Å²) in [4.78, 5) is 9.38. The Morgan fingerprint density at radius 3 is 2.00 bits per heavy atom. The summed E-state index contributed by atoms with van der Waals surface area (Å²) >= 11 is 1.51. The normalized spacial score (nSPS) is 12.6. The molecule has 10 aromatic rings.